The lowest BCUT2D eigenvalue weighted by atomic mass is 9.81. The standard InChI is InChI=1S/C18H27N3O2.2C2HF3O2/c1-20(2)17(22)12-23-14-18-8-5-6-15(18)10-21(13-18)11-16-7-3-4-9-19-16;2*3-2(4,5)1(6)7/h3-4,7,9,15H,5-6,8,10-14H2,1-2H3;2*(H,6,7)/t15-,18+;;/m1../s1. The molecule has 0 bridgehead atoms. The van der Waals surface area contributed by atoms with Gasteiger partial charge in [0, 0.05) is 45.3 Å². The van der Waals surface area contributed by atoms with Gasteiger partial charge in [-0.3, -0.25) is 14.7 Å². The summed E-state index contributed by atoms with van der Waals surface area (Å²) in [6.07, 6.45) is -4.53. The highest BCUT2D eigenvalue weighted by atomic mass is 19.4. The molecule has 15 heteroatoms. The average Bonchev–Trinajstić information content (AvgIpc) is 3.30. The van der Waals surface area contributed by atoms with Gasteiger partial charge in [0.15, 0.2) is 0 Å². The first kappa shape index (κ1) is 32.1. The molecule has 1 saturated carbocycles. The summed E-state index contributed by atoms with van der Waals surface area (Å²) in [5, 5.41) is 14.2. The quantitative estimate of drug-likeness (QED) is 0.524. The van der Waals surface area contributed by atoms with Gasteiger partial charge in [-0.15, -0.1) is 0 Å². The predicted octanol–water partition coefficient (Wildman–Crippen LogP) is 3.06. The Kier molecular flexibility index (Phi) is 11.8. The molecule has 0 aromatic carbocycles. The molecule has 0 unspecified atom stereocenters. The van der Waals surface area contributed by atoms with Crippen LogP contribution in [0.25, 0.3) is 0 Å². The van der Waals surface area contributed by atoms with Crippen LogP contribution < -0.4 is 0 Å². The lowest BCUT2D eigenvalue weighted by molar-refractivity contribution is -0.193. The SMILES string of the molecule is CN(C)C(=O)COC[C@@]12CCC[C@@H]1CN(Cc1ccccn1)C2.O=C(O)C(F)(F)F.O=C(O)C(F)(F)F. The van der Waals surface area contributed by atoms with Crippen molar-refractivity contribution in [3.8, 4) is 0 Å². The molecule has 1 amide bonds. The van der Waals surface area contributed by atoms with E-state index in [2.05, 4.69) is 16.0 Å². The molecule has 1 aromatic rings. The van der Waals surface area contributed by atoms with Gasteiger partial charge >= 0.3 is 24.3 Å². The van der Waals surface area contributed by atoms with E-state index in [0.717, 1.165) is 25.3 Å². The number of alkyl halides is 6. The number of likely N-dealkylation sites (tertiary alicyclic amines) is 1. The highest BCUT2D eigenvalue weighted by Gasteiger charge is 2.49. The van der Waals surface area contributed by atoms with Crippen LogP contribution >= 0.6 is 0 Å². The second-order valence-electron chi connectivity index (χ2n) is 8.83. The number of aliphatic carboxylic acids is 2. The zero-order chi connectivity index (χ0) is 28.4. The number of carboxylic acids is 2. The van der Waals surface area contributed by atoms with Gasteiger partial charge in [-0.1, -0.05) is 12.5 Å². The van der Waals surface area contributed by atoms with Crippen LogP contribution in [0.15, 0.2) is 24.4 Å². The molecule has 2 heterocycles. The van der Waals surface area contributed by atoms with E-state index in [0.29, 0.717) is 12.5 Å². The first-order valence-corrected chi connectivity index (χ1v) is 11.0. The van der Waals surface area contributed by atoms with Crippen molar-refractivity contribution < 1.29 is 55.7 Å². The largest absolute Gasteiger partial charge is 0.490 e. The van der Waals surface area contributed by atoms with Gasteiger partial charge in [-0.2, -0.15) is 26.3 Å². The van der Waals surface area contributed by atoms with Crippen molar-refractivity contribution in [2.24, 2.45) is 11.3 Å². The molecule has 0 spiro atoms. The van der Waals surface area contributed by atoms with Crippen molar-refractivity contribution in [2.75, 3.05) is 40.4 Å². The fourth-order valence-electron chi connectivity index (χ4n) is 4.07. The minimum Gasteiger partial charge on any atom is -0.475 e. The Morgan fingerprint density at radius 3 is 2.14 bits per heavy atom. The molecule has 0 radical (unpaired) electrons. The molecule has 2 atom stereocenters. The molecule has 1 aliphatic carbocycles. The number of fused-ring (bicyclic) bond motifs is 1. The zero-order valence-electron chi connectivity index (χ0n) is 20.2. The van der Waals surface area contributed by atoms with Crippen LogP contribution in [0.2, 0.25) is 0 Å². The maximum absolute atomic E-state index is 11.7. The number of hydrogen-bond acceptors (Lipinski definition) is 6. The number of pyridine rings is 1. The highest BCUT2D eigenvalue weighted by molar-refractivity contribution is 5.76. The van der Waals surface area contributed by atoms with E-state index in [-0.39, 0.29) is 17.9 Å². The minimum absolute atomic E-state index is 0.0410. The van der Waals surface area contributed by atoms with Gasteiger partial charge < -0.3 is 19.8 Å². The van der Waals surface area contributed by atoms with Gasteiger partial charge in [0.25, 0.3) is 0 Å². The van der Waals surface area contributed by atoms with Crippen molar-refractivity contribution >= 4 is 17.8 Å². The fourth-order valence-corrected chi connectivity index (χ4v) is 4.07. The van der Waals surface area contributed by atoms with Gasteiger partial charge in [0.05, 0.1) is 12.3 Å². The Morgan fingerprint density at radius 2 is 1.68 bits per heavy atom. The Bertz CT molecular complexity index is 873. The molecule has 1 aliphatic heterocycles. The summed E-state index contributed by atoms with van der Waals surface area (Å²) in [4.78, 5) is 38.0. The molecule has 2 N–H and O–H groups in total. The van der Waals surface area contributed by atoms with Crippen LogP contribution in [-0.2, 0) is 25.7 Å². The normalized spacial score (nSPS) is 21.1. The number of carbonyl (C=O) groups is 3. The Hall–Kier alpha value is -2.94. The molecule has 1 aromatic heterocycles. The zero-order valence-corrected chi connectivity index (χ0v) is 20.2. The van der Waals surface area contributed by atoms with Crippen molar-refractivity contribution in [2.45, 2.75) is 38.2 Å². The van der Waals surface area contributed by atoms with Crippen LogP contribution in [0.4, 0.5) is 26.3 Å². The third-order valence-electron chi connectivity index (χ3n) is 5.82. The summed E-state index contributed by atoms with van der Waals surface area (Å²) in [6.45, 7) is 4.00. The molecule has 9 nitrogen and oxygen atoms in total. The number of likely N-dealkylation sites (N-methyl/N-ethyl adjacent to an activating group) is 1. The Morgan fingerprint density at radius 1 is 1.11 bits per heavy atom. The average molecular weight is 545 g/mol. The molecule has 1 saturated heterocycles. The molecule has 210 valence electrons. The fraction of sp³-hybridized carbons (Fsp3) is 0.636. The first-order chi connectivity index (χ1) is 17.0. The maximum Gasteiger partial charge on any atom is 0.490 e. The predicted molar refractivity (Wildman–Crippen MR) is 116 cm³/mol. The second kappa shape index (κ2) is 13.6. The summed E-state index contributed by atoms with van der Waals surface area (Å²) in [6, 6.07) is 6.09. The van der Waals surface area contributed by atoms with Gasteiger partial charge in [0.1, 0.15) is 6.61 Å². The summed E-state index contributed by atoms with van der Waals surface area (Å²) >= 11 is 0. The van der Waals surface area contributed by atoms with Crippen molar-refractivity contribution in [3.63, 3.8) is 0 Å². The second-order valence-corrected chi connectivity index (χ2v) is 8.83. The van der Waals surface area contributed by atoms with Crippen LogP contribution in [0.3, 0.4) is 0 Å². The highest BCUT2D eigenvalue weighted by Crippen LogP contribution is 2.49. The number of nitrogens with zero attached hydrogens (tertiary/aromatic N) is 3. The Balaban J connectivity index is 0.000000404. The topological polar surface area (TPSA) is 120 Å². The minimum atomic E-state index is -5.08. The molecule has 2 aliphatic rings. The number of rotatable bonds is 6. The van der Waals surface area contributed by atoms with E-state index in [4.69, 9.17) is 24.5 Å². The monoisotopic (exact) mass is 545 g/mol. The third kappa shape index (κ3) is 10.9. The van der Waals surface area contributed by atoms with Crippen molar-refractivity contribution in [1.29, 1.82) is 0 Å². The van der Waals surface area contributed by atoms with E-state index in [1.807, 2.05) is 18.3 Å². The van der Waals surface area contributed by atoms with Crippen LogP contribution in [0, 0.1) is 11.3 Å². The van der Waals surface area contributed by atoms with Gasteiger partial charge in [-0.05, 0) is 30.9 Å². The van der Waals surface area contributed by atoms with Crippen LogP contribution in [0.1, 0.15) is 25.0 Å². The summed E-state index contributed by atoms with van der Waals surface area (Å²) in [7, 11) is 3.54. The molecule has 2 fully saturated rings. The van der Waals surface area contributed by atoms with Gasteiger partial charge in [0.2, 0.25) is 5.91 Å². The smallest absolute Gasteiger partial charge is 0.475 e. The lowest BCUT2D eigenvalue weighted by Gasteiger charge is -2.29. The molecule has 3 rings (SSSR count). The number of halogens is 6. The Labute approximate surface area is 209 Å². The first-order valence-electron chi connectivity index (χ1n) is 11.0. The van der Waals surface area contributed by atoms with Crippen LogP contribution in [-0.4, -0.2) is 95.6 Å². The molecular weight excluding hydrogens is 516 g/mol. The molecular formula is C22H29F6N3O6. The lowest BCUT2D eigenvalue weighted by Crippen LogP contribution is -2.34. The van der Waals surface area contributed by atoms with E-state index >= 15 is 0 Å². The van der Waals surface area contributed by atoms with E-state index in [1.165, 1.54) is 19.3 Å². The third-order valence-corrected chi connectivity index (χ3v) is 5.82. The van der Waals surface area contributed by atoms with E-state index in [1.54, 1.807) is 19.0 Å². The van der Waals surface area contributed by atoms with Crippen LogP contribution in [0.5, 0.6) is 0 Å². The summed E-state index contributed by atoms with van der Waals surface area (Å²) in [5.74, 6) is -4.78. The van der Waals surface area contributed by atoms with Crippen molar-refractivity contribution in [1.82, 2.24) is 14.8 Å². The number of aromatic nitrogens is 1. The number of carboxylic acid groups (broad SMARTS) is 2. The van der Waals surface area contributed by atoms with Crippen molar-refractivity contribution in [3.05, 3.63) is 30.1 Å². The number of ether oxygens (including phenoxy) is 1. The summed E-state index contributed by atoms with van der Waals surface area (Å²) in [5.41, 5.74) is 1.37. The molecule has 37 heavy (non-hydrogen) atoms. The van der Waals surface area contributed by atoms with E-state index < -0.39 is 24.3 Å². The van der Waals surface area contributed by atoms with Gasteiger partial charge in [-0.25, -0.2) is 9.59 Å². The van der Waals surface area contributed by atoms with E-state index in [9.17, 15) is 31.1 Å². The maximum atomic E-state index is 11.7. The summed E-state index contributed by atoms with van der Waals surface area (Å²) < 4.78 is 69.3. The number of hydrogen-bond donors (Lipinski definition) is 2. The number of carbonyl (C=O) groups excluding carboxylic acids is 1. The number of amides is 1.